The van der Waals surface area contributed by atoms with E-state index in [0.29, 0.717) is 0 Å². The molecule has 0 amide bonds. The number of morpholine rings is 1. The zero-order valence-corrected chi connectivity index (χ0v) is 16.2. The molecule has 25 heavy (non-hydrogen) atoms. The number of guanidine groups is 1. The van der Waals surface area contributed by atoms with Gasteiger partial charge in [-0.2, -0.15) is 0 Å². The minimum atomic E-state index is 0.106. The summed E-state index contributed by atoms with van der Waals surface area (Å²) in [5.41, 5.74) is 3.87. The molecular formula is C20H33N3O2. The Morgan fingerprint density at radius 1 is 1.32 bits per heavy atom. The molecule has 1 aromatic carbocycles. The van der Waals surface area contributed by atoms with Crippen molar-refractivity contribution in [1.29, 1.82) is 0 Å². The Morgan fingerprint density at radius 2 is 2.16 bits per heavy atom. The molecule has 1 aliphatic rings. The normalized spacial score (nSPS) is 18.5. The van der Waals surface area contributed by atoms with Crippen molar-refractivity contribution < 1.29 is 9.47 Å². The van der Waals surface area contributed by atoms with Gasteiger partial charge in [0, 0.05) is 33.9 Å². The zero-order chi connectivity index (χ0) is 18.1. The Morgan fingerprint density at radius 3 is 2.88 bits per heavy atom. The molecule has 1 unspecified atom stereocenters. The highest BCUT2D eigenvalue weighted by atomic mass is 16.5. The number of ether oxygens (including phenoxy) is 2. The average molecular weight is 348 g/mol. The summed E-state index contributed by atoms with van der Waals surface area (Å²) in [5, 5.41) is 3.49. The topological polar surface area (TPSA) is 46.1 Å². The summed E-state index contributed by atoms with van der Waals surface area (Å²) in [6.07, 6.45) is 3.53. The molecule has 5 nitrogen and oxygen atoms in total. The number of unbranched alkanes of at least 4 members (excludes halogenated alkanes) is 2. The summed E-state index contributed by atoms with van der Waals surface area (Å²) in [7, 11) is 3.61. The van der Waals surface area contributed by atoms with E-state index in [2.05, 4.69) is 47.3 Å². The van der Waals surface area contributed by atoms with Crippen molar-refractivity contribution in [2.45, 2.75) is 39.2 Å². The monoisotopic (exact) mass is 347 g/mol. The maximum atomic E-state index is 6.04. The van der Waals surface area contributed by atoms with E-state index in [4.69, 9.17) is 9.47 Å². The lowest BCUT2D eigenvalue weighted by Gasteiger charge is -2.35. The molecule has 0 aromatic heterocycles. The van der Waals surface area contributed by atoms with Crippen LogP contribution in [0.3, 0.4) is 0 Å². The van der Waals surface area contributed by atoms with Gasteiger partial charge in [0.15, 0.2) is 5.96 Å². The third-order valence-corrected chi connectivity index (χ3v) is 4.66. The Kier molecular flexibility index (Phi) is 8.22. The quantitative estimate of drug-likeness (QED) is 0.468. The van der Waals surface area contributed by atoms with E-state index in [9.17, 15) is 0 Å². The number of rotatable bonds is 7. The molecule has 0 bridgehead atoms. The van der Waals surface area contributed by atoms with Gasteiger partial charge in [-0.25, -0.2) is 0 Å². The lowest BCUT2D eigenvalue weighted by Crippen LogP contribution is -2.48. The summed E-state index contributed by atoms with van der Waals surface area (Å²) in [6, 6.07) is 6.59. The van der Waals surface area contributed by atoms with E-state index in [0.717, 1.165) is 51.6 Å². The van der Waals surface area contributed by atoms with Crippen LogP contribution < -0.4 is 5.32 Å². The van der Waals surface area contributed by atoms with Crippen molar-refractivity contribution in [1.82, 2.24) is 10.2 Å². The first kappa shape index (κ1) is 19.7. The van der Waals surface area contributed by atoms with E-state index in [-0.39, 0.29) is 6.10 Å². The molecule has 5 heteroatoms. The van der Waals surface area contributed by atoms with Crippen molar-refractivity contribution in [2.24, 2.45) is 4.99 Å². The maximum absolute atomic E-state index is 6.04. The highest BCUT2D eigenvalue weighted by molar-refractivity contribution is 5.80. The molecule has 1 N–H and O–H groups in total. The fourth-order valence-electron chi connectivity index (χ4n) is 3.30. The number of aliphatic imine (C=N–C) groups is 1. The maximum Gasteiger partial charge on any atom is 0.193 e. The number of nitrogens with zero attached hydrogens (tertiary/aromatic N) is 2. The Balaban J connectivity index is 1.88. The number of benzene rings is 1. The SMILES string of the molecule is CN=C(NCCCCCOC)N1CCOC(c2ccc(C)cc2C)C1. The van der Waals surface area contributed by atoms with Gasteiger partial charge in [0.05, 0.1) is 13.2 Å². The fourth-order valence-corrected chi connectivity index (χ4v) is 3.30. The second kappa shape index (κ2) is 10.4. The lowest BCUT2D eigenvalue weighted by molar-refractivity contribution is -0.00831. The molecule has 0 radical (unpaired) electrons. The van der Waals surface area contributed by atoms with Crippen LogP contribution in [0.2, 0.25) is 0 Å². The van der Waals surface area contributed by atoms with Crippen LogP contribution in [0.1, 0.15) is 42.1 Å². The Bertz CT molecular complexity index is 560. The van der Waals surface area contributed by atoms with Crippen molar-refractivity contribution in [3.8, 4) is 0 Å². The molecule has 140 valence electrons. The molecule has 1 atom stereocenters. The van der Waals surface area contributed by atoms with Crippen LogP contribution in [-0.4, -0.2) is 57.9 Å². The van der Waals surface area contributed by atoms with E-state index in [1.54, 1.807) is 7.11 Å². The smallest absolute Gasteiger partial charge is 0.193 e. The van der Waals surface area contributed by atoms with Crippen molar-refractivity contribution in [2.75, 3.05) is 47.0 Å². The minimum Gasteiger partial charge on any atom is -0.385 e. The summed E-state index contributed by atoms with van der Waals surface area (Å²) in [6.45, 7) is 8.53. The second-order valence-electron chi connectivity index (χ2n) is 6.69. The summed E-state index contributed by atoms with van der Waals surface area (Å²) >= 11 is 0. The van der Waals surface area contributed by atoms with E-state index < -0.39 is 0 Å². The predicted molar refractivity (Wildman–Crippen MR) is 103 cm³/mol. The molecule has 0 aliphatic carbocycles. The van der Waals surface area contributed by atoms with Gasteiger partial charge in [-0.3, -0.25) is 4.99 Å². The first-order valence-corrected chi connectivity index (χ1v) is 9.29. The van der Waals surface area contributed by atoms with Gasteiger partial charge >= 0.3 is 0 Å². The fraction of sp³-hybridized carbons (Fsp3) is 0.650. The van der Waals surface area contributed by atoms with Crippen molar-refractivity contribution in [3.63, 3.8) is 0 Å². The van der Waals surface area contributed by atoms with E-state index in [1.165, 1.54) is 23.1 Å². The highest BCUT2D eigenvalue weighted by Crippen LogP contribution is 2.25. The third kappa shape index (κ3) is 6.01. The average Bonchev–Trinajstić information content (AvgIpc) is 2.61. The van der Waals surface area contributed by atoms with E-state index in [1.807, 2.05) is 7.05 Å². The molecule has 1 fully saturated rings. The molecule has 1 aliphatic heterocycles. The van der Waals surface area contributed by atoms with Gasteiger partial charge < -0.3 is 19.7 Å². The molecule has 0 spiro atoms. The lowest BCUT2D eigenvalue weighted by atomic mass is 10.00. The molecule has 1 heterocycles. The van der Waals surface area contributed by atoms with Crippen LogP contribution >= 0.6 is 0 Å². The second-order valence-corrected chi connectivity index (χ2v) is 6.69. The van der Waals surface area contributed by atoms with Crippen LogP contribution in [0.4, 0.5) is 0 Å². The van der Waals surface area contributed by atoms with Gasteiger partial charge in [-0.1, -0.05) is 23.8 Å². The van der Waals surface area contributed by atoms with Crippen LogP contribution in [0, 0.1) is 13.8 Å². The first-order chi connectivity index (χ1) is 12.2. The summed E-state index contributed by atoms with van der Waals surface area (Å²) < 4.78 is 11.1. The van der Waals surface area contributed by atoms with E-state index >= 15 is 0 Å². The van der Waals surface area contributed by atoms with Crippen LogP contribution in [-0.2, 0) is 9.47 Å². The molecular weight excluding hydrogens is 314 g/mol. The van der Waals surface area contributed by atoms with Crippen molar-refractivity contribution >= 4 is 5.96 Å². The first-order valence-electron chi connectivity index (χ1n) is 9.29. The summed E-state index contributed by atoms with van der Waals surface area (Å²) in [5.74, 6) is 0.977. The van der Waals surface area contributed by atoms with Crippen molar-refractivity contribution in [3.05, 3.63) is 34.9 Å². The highest BCUT2D eigenvalue weighted by Gasteiger charge is 2.25. The van der Waals surface area contributed by atoms with Gasteiger partial charge in [-0.15, -0.1) is 0 Å². The van der Waals surface area contributed by atoms with Crippen LogP contribution in [0.25, 0.3) is 0 Å². The number of aryl methyl sites for hydroxylation is 2. The van der Waals surface area contributed by atoms with Gasteiger partial charge in [-0.05, 0) is 44.2 Å². The number of hydrogen-bond donors (Lipinski definition) is 1. The number of hydrogen-bond acceptors (Lipinski definition) is 3. The largest absolute Gasteiger partial charge is 0.385 e. The van der Waals surface area contributed by atoms with Gasteiger partial charge in [0.2, 0.25) is 0 Å². The summed E-state index contributed by atoms with van der Waals surface area (Å²) in [4.78, 5) is 6.77. The Hall–Kier alpha value is -1.59. The third-order valence-electron chi connectivity index (χ3n) is 4.66. The predicted octanol–water partition coefficient (Wildman–Crippen LogP) is 3.07. The zero-order valence-electron chi connectivity index (χ0n) is 16.2. The van der Waals surface area contributed by atoms with Crippen LogP contribution in [0.5, 0.6) is 0 Å². The number of methoxy groups -OCH3 is 1. The minimum absolute atomic E-state index is 0.106. The molecule has 1 saturated heterocycles. The molecule has 1 aromatic rings. The Labute approximate surface area is 152 Å². The molecule has 2 rings (SSSR count). The van der Waals surface area contributed by atoms with Crippen LogP contribution in [0.15, 0.2) is 23.2 Å². The van der Waals surface area contributed by atoms with Gasteiger partial charge in [0.25, 0.3) is 0 Å². The van der Waals surface area contributed by atoms with Gasteiger partial charge in [0.1, 0.15) is 6.10 Å². The molecule has 0 saturated carbocycles. The standard InChI is InChI=1S/C20H33N3O2/c1-16-8-9-18(17(2)14-16)19-15-23(11-13-25-19)20(21-3)22-10-6-5-7-12-24-4/h8-9,14,19H,5-7,10-13,15H2,1-4H3,(H,21,22). The number of nitrogens with one attached hydrogen (secondary N) is 1.